The van der Waals surface area contributed by atoms with Gasteiger partial charge < -0.3 is 0 Å². The van der Waals surface area contributed by atoms with Crippen molar-refractivity contribution in [3.8, 4) is 28.2 Å². The number of aryl methyl sites for hydroxylation is 2. The van der Waals surface area contributed by atoms with Gasteiger partial charge in [0.25, 0.3) is 0 Å². The van der Waals surface area contributed by atoms with E-state index in [1.54, 1.807) is 6.07 Å². The van der Waals surface area contributed by atoms with Crippen LogP contribution < -0.4 is 0 Å². The normalized spacial score (nSPS) is 15.4. The molecule has 0 bridgehead atoms. The summed E-state index contributed by atoms with van der Waals surface area (Å²) in [5.74, 6) is 1.62. The Balaban J connectivity index is 1.66. The molecule has 1 heterocycles. The molecule has 4 aromatic carbocycles. The van der Waals surface area contributed by atoms with Gasteiger partial charge in [0.1, 0.15) is 5.82 Å². The molecule has 1 aliphatic rings. The van der Waals surface area contributed by atoms with Crippen LogP contribution in [0.5, 0.6) is 0 Å². The summed E-state index contributed by atoms with van der Waals surface area (Å²) in [4.78, 5) is 5.25. The fourth-order valence-corrected chi connectivity index (χ4v) is 6.61. The molecule has 0 atom stereocenters. The predicted molar refractivity (Wildman–Crippen MR) is 162 cm³/mol. The molecule has 38 heavy (non-hydrogen) atoms. The van der Waals surface area contributed by atoms with Crippen LogP contribution in [0.2, 0.25) is 0 Å². The number of imidazole rings is 1. The zero-order valence-electron chi connectivity index (χ0n) is 26.5. The molecule has 6 rings (SSSR count). The molecule has 0 N–H and O–H groups in total. The first kappa shape index (κ1) is 21.3. The molecule has 0 saturated carbocycles. The molecule has 2 nitrogen and oxygen atoms in total. The number of hydrogen-bond acceptors (Lipinski definition) is 1. The molecule has 5 aromatic rings. The van der Waals surface area contributed by atoms with Crippen molar-refractivity contribution < 1.29 is 4.11 Å². The van der Waals surface area contributed by atoms with Gasteiger partial charge in [0, 0.05) is 15.1 Å². The minimum absolute atomic E-state index is 0.302. The van der Waals surface area contributed by atoms with Gasteiger partial charge in [-0.1, -0.05) is 95.6 Å². The zero-order valence-corrected chi connectivity index (χ0v) is 23.5. The van der Waals surface area contributed by atoms with E-state index in [2.05, 4.69) is 108 Å². The predicted octanol–water partition coefficient (Wildman–Crippen LogP) is 9.86. The summed E-state index contributed by atoms with van der Waals surface area (Å²) in [5.41, 5.74) is 12.8. The van der Waals surface area contributed by atoms with Crippen molar-refractivity contribution in [2.24, 2.45) is 0 Å². The second-order valence-electron chi connectivity index (χ2n) is 12.0. The minimum atomic E-state index is -2.14. The van der Waals surface area contributed by atoms with E-state index in [1.165, 1.54) is 27.9 Å². The molecular formula is C36H38N2. The van der Waals surface area contributed by atoms with Crippen molar-refractivity contribution in [3.05, 3.63) is 106 Å². The SMILES string of the molecule is [2H]C([2H])([2H])c1ccc2c(c1)C(C)(C)c1c(C)cc(-c3nc4ccccc4n3-c3c(C(C)C)cccc3C(C)C)cc1-2. The van der Waals surface area contributed by atoms with Crippen LogP contribution in [0.1, 0.15) is 90.9 Å². The summed E-state index contributed by atoms with van der Waals surface area (Å²) in [7, 11) is 0. The van der Waals surface area contributed by atoms with Gasteiger partial charge in [-0.05, 0) is 88.8 Å². The van der Waals surface area contributed by atoms with Gasteiger partial charge in [0.2, 0.25) is 0 Å². The number of hydrogen-bond donors (Lipinski definition) is 0. The number of para-hydroxylation sites is 3. The fourth-order valence-electron chi connectivity index (χ4n) is 6.61. The number of nitrogens with zero attached hydrogens (tertiary/aromatic N) is 2. The monoisotopic (exact) mass is 501 g/mol. The molecule has 1 aliphatic carbocycles. The van der Waals surface area contributed by atoms with Crippen molar-refractivity contribution >= 4 is 11.0 Å². The van der Waals surface area contributed by atoms with Crippen LogP contribution in [0.25, 0.3) is 39.2 Å². The van der Waals surface area contributed by atoms with E-state index in [4.69, 9.17) is 9.10 Å². The van der Waals surface area contributed by atoms with Gasteiger partial charge >= 0.3 is 0 Å². The van der Waals surface area contributed by atoms with Crippen molar-refractivity contribution in [2.75, 3.05) is 0 Å². The van der Waals surface area contributed by atoms with Crippen molar-refractivity contribution in [3.63, 3.8) is 0 Å². The smallest absolute Gasteiger partial charge is 0.145 e. The third-order valence-electron chi connectivity index (χ3n) is 8.33. The van der Waals surface area contributed by atoms with Crippen LogP contribution in [0.15, 0.2) is 72.8 Å². The zero-order chi connectivity index (χ0) is 29.4. The average molecular weight is 502 g/mol. The Morgan fingerprint density at radius 1 is 0.816 bits per heavy atom. The van der Waals surface area contributed by atoms with Crippen LogP contribution in [0, 0.1) is 13.8 Å². The van der Waals surface area contributed by atoms with Crippen LogP contribution >= 0.6 is 0 Å². The first-order valence-electron chi connectivity index (χ1n) is 15.2. The Morgan fingerprint density at radius 2 is 1.53 bits per heavy atom. The quantitative estimate of drug-likeness (QED) is 0.240. The van der Waals surface area contributed by atoms with E-state index < -0.39 is 6.85 Å². The standard InChI is InChI=1S/C36H38N2/c1-21(2)26-12-11-13-27(22(3)4)34(26)38-32-15-10-9-14-31(32)37-35(38)25-19-24(6)33-29(20-25)28-17-16-23(5)18-30(28)36(33,7)8/h9-22H,1-8H3/i5D3. The highest BCUT2D eigenvalue weighted by Gasteiger charge is 2.37. The van der Waals surface area contributed by atoms with E-state index in [0.29, 0.717) is 17.4 Å². The first-order valence-corrected chi connectivity index (χ1v) is 13.7. The van der Waals surface area contributed by atoms with E-state index >= 15 is 0 Å². The maximum atomic E-state index is 7.99. The van der Waals surface area contributed by atoms with Crippen LogP contribution in [0.4, 0.5) is 0 Å². The maximum Gasteiger partial charge on any atom is 0.145 e. The highest BCUT2D eigenvalue weighted by Crippen LogP contribution is 2.51. The molecule has 0 radical (unpaired) electrons. The lowest BCUT2D eigenvalue weighted by molar-refractivity contribution is 0.655. The largest absolute Gasteiger partial charge is 0.292 e. The third kappa shape index (κ3) is 3.57. The van der Waals surface area contributed by atoms with Gasteiger partial charge in [0.05, 0.1) is 16.7 Å². The molecule has 0 aliphatic heterocycles. The topological polar surface area (TPSA) is 17.8 Å². The summed E-state index contributed by atoms with van der Waals surface area (Å²) in [6, 6.07) is 25.3. The Labute approximate surface area is 231 Å². The van der Waals surface area contributed by atoms with E-state index in [1.807, 2.05) is 12.1 Å². The number of benzene rings is 4. The molecule has 0 fully saturated rings. The van der Waals surface area contributed by atoms with Crippen molar-refractivity contribution in [1.82, 2.24) is 9.55 Å². The first-order chi connectivity index (χ1) is 19.3. The average Bonchev–Trinajstić information content (AvgIpc) is 3.40. The van der Waals surface area contributed by atoms with Gasteiger partial charge in [-0.3, -0.25) is 4.57 Å². The van der Waals surface area contributed by atoms with Crippen LogP contribution in [-0.2, 0) is 5.41 Å². The number of fused-ring (bicyclic) bond motifs is 4. The lowest BCUT2D eigenvalue weighted by Gasteiger charge is -2.25. The molecule has 192 valence electrons. The third-order valence-corrected chi connectivity index (χ3v) is 8.33. The van der Waals surface area contributed by atoms with Gasteiger partial charge in [-0.2, -0.15) is 0 Å². The fraction of sp³-hybridized carbons (Fsp3) is 0.306. The Bertz CT molecular complexity index is 1790. The molecule has 1 aromatic heterocycles. The lowest BCUT2D eigenvalue weighted by atomic mass is 9.80. The van der Waals surface area contributed by atoms with Crippen molar-refractivity contribution in [1.29, 1.82) is 0 Å². The van der Waals surface area contributed by atoms with Gasteiger partial charge in [0.15, 0.2) is 0 Å². The molecule has 0 amide bonds. The second-order valence-corrected chi connectivity index (χ2v) is 12.0. The Kier molecular flexibility index (Phi) is 4.88. The molecule has 0 unspecified atom stereocenters. The summed E-state index contributed by atoms with van der Waals surface area (Å²) in [5, 5.41) is 0. The summed E-state index contributed by atoms with van der Waals surface area (Å²) in [6.07, 6.45) is 0. The summed E-state index contributed by atoms with van der Waals surface area (Å²) >= 11 is 0. The van der Waals surface area contributed by atoms with Crippen LogP contribution in [0.3, 0.4) is 0 Å². The summed E-state index contributed by atoms with van der Waals surface area (Å²) < 4.78 is 26.3. The Hall–Kier alpha value is -3.65. The highest BCUT2D eigenvalue weighted by atomic mass is 15.1. The van der Waals surface area contributed by atoms with E-state index in [0.717, 1.165) is 39.1 Å². The number of rotatable bonds is 4. The van der Waals surface area contributed by atoms with Gasteiger partial charge in [-0.25, -0.2) is 4.98 Å². The van der Waals surface area contributed by atoms with Crippen LogP contribution in [-0.4, -0.2) is 9.55 Å². The van der Waals surface area contributed by atoms with E-state index in [-0.39, 0.29) is 5.41 Å². The summed E-state index contributed by atoms with van der Waals surface area (Å²) in [6.45, 7) is 13.5. The Morgan fingerprint density at radius 3 is 2.21 bits per heavy atom. The lowest BCUT2D eigenvalue weighted by Crippen LogP contribution is -2.16. The molecule has 0 spiro atoms. The highest BCUT2D eigenvalue weighted by molar-refractivity contribution is 5.88. The molecule has 2 heteroatoms. The number of aromatic nitrogens is 2. The van der Waals surface area contributed by atoms with Crippen molar-refractivity contribution in [2.45, 2.75) is 72.6 Å². The minimum Gasteiger partial charge on any atom is -0.292 e. The molecule has 0 saturated heterocycles. The second kappa shape index (κ2) is 8.70. The van der Waals surface area contributed by atoms with E-state index in [9.17, 15) is 0 Å². The molecular weight excluding hydrogens is 460 g/mol. The van der Waals surface area contributed by atoms with Gasteiger partial charge in [-0.15, -0.1) is 0 Å². The maximum absolute atomic E-state index is 7.99.